The van der Waals surface area contributed by atoms with Gasteiger partial charge in [0, 0.05) is 11.8 Å². The average Bonchev–Trinajstić information content (AvgIpc) is 2.51. The van der Waals surface area contributed by atoms with Crippen LogP contribution in [0.1, 0.15) is 18.4 Å². The van der Waals surface area contributed by atoms with Crippen LogP contribution < -0.4 is 4.74 Å². The predicted molar refractivity (Wildman–Crippen MR) is 75.8 cm³/mol. The molecule has 3 aromatic rings. The van der Waals surface area contributed by atoms with Crippen molar-refractivity contribution in [2.45, 2.75) is 19.5 Å². The second kappa shape index (κ2) is 5.08. The Labute approximate surface area is 124 Å². The van der Waals surface area contributed by atoms with Gasteiger partial charge in [-0.05, 0) is 6.07 Å². The lowest BCUT2D eigenvalue weighted by atomic mass is 10.1. The molecule has 1 aromatic carbocycles. The summed E-state index contributed by atoms with van der Waals surface area (Å²) in [5, 5.41) is 0.340. The van der Waals surface area contributed by atoms with E-state index >= 15 is 0 Å². The molecule has 0 aliphatic heterocycles. The van der Waals surface area contributed by atoms with E-state index in [-0.39, 0.29) is 22.6 Å². The average molecular weight is 307 g/mol. The summed E-state index contributed by atoms with van der Waals surface area (Å²) in [5.74, 6) is 0.0157. The largest absolute Gasteiger partial charge is 0.480 e. The van der Waals surface area contributed by atoms with Crippen molar-refractivity contribution in [3.63, 3.8) is 0 Å². The second-order valence-corrected chi connectivity index (χ2v) is 4.70. The Morgan fingerprint density at radius 3 is 2.45 bits per heavy atom. The normalized spacial score (nSPS) is 12.0. The summed E-state index contributed by atoms with van der Waals surface area (Å²) in [6.45, 7) is 1.71. The number of methoxy groups -OCH3 is 1. The van der Waals surface area contributed by atoms with Crippen LogP contribution in [0, 0.1) is 0 Å². The van der Waals surface area contributed by atoms with Crippen molar-refractivity contribution < 1.29 is 17.9 Å². The van der Waals surface area contributed by atoms with Gasteiger partial charge in [-0.1, -0.05) is 25.1 Å². The molecule has 0 bridgehead atoms. The smallest absolute Gasteiger partial charge is 0.434 e. The van der Waals surface area contributed by atoms with Gasteiger partial charge in [-0.2, -0.15) is 13.2 Å². The van der Waals surface area contributed by atoms with Crippen LogP contribution in [-0.4, -0.2) is 22.1 Å². The monoisotopic (exact) mass is 307 g/mol. The Kier molecular flexibility index (Phi) is 3.35. The number of para-hydroxylation sites is 1. The maximum atomic E-state index is 13.4. The van der Waals surface area contributed by atoms with Gasteiger partial charge in [0.15, 0.2) is 5.69 Å². The molecular weight excluding hydrogens is 295 g/mol. The number of alkyl halides is 3. The highest BCUT2D eigenvalue weighted by atomic mass is 19.4. The van der Waals surface area contributed by atoms with Gasteiger partial charge in [-0.25, -0.2) is 15.0 Å². The zero-order valence-corrected chi connectivity index (χ0v) is 11.9. The van der Waals surface area contributed by atoms with Crippen molar-refractivity contribution in [1.29, 1.82) is 0 Å². The molecule has 0 fully saturated rings. The third-order valence-electron chi connectivity index (χ3n) is 3.33. The molecule has 114 valence electrons. The van der Waals surface area contributed by atoms with Gasteiger partial charge in [-0.3, -0.25) is 0 Å². The number of hydrogen-bond donors (Lipinski definition) is 0. The van der Waals surface area contributed by atoms with Crippen LogP contribution in [0.4, 0.5) is 13.2 Å². The minimum atomic E-state index is -4.61. The van der Waals surface area contributed by atoms with E-state index in [2.05, 4.69) is 15.0 Å². The molecule has 0 spiro atoms. The number of rotatable bonds is 2. The third-order valence-corrected chi connectivity index (χ3v) is 3.33. The molecule has 0 saturated heterocycles. The number of fused-ring (bicyclic) bond motifs is 3. The molecule has 2 heterocycles. The lowest BCUT2D eigenvalue weighted by Crippen LogP contribution is -2.13. The van der Waals surface area contributed by atoms with Gasteiger partial charge in [0.1, 0.15) is 5.82 Å². The van der Waals surface area contributed by atoms with Gasteiger partial charge in [0.05, 0.1) is 23.5 Å². The second-order valence-electron chi connectivity index (χ2n) is 4.70. The molecule has 0 N–H and O–H groups in total. The zero-order valence-electron chi connectivity index (χ0n) is 11.9. The first-order chi connectivity index (χ1) is 10.5. The topological polar surface area (TPSA) is 47.9 Å². The third kappa shape index (κ3) is 2.22. The summed E-state index contributed by atoms with van der Waals surface area (Å²) in [6.07, 6.45) is -4.31. The fourth-order valence-corrected chi connectivity index (χ4v) is 2.35. The van der Waals surface area contributed by atoms with Gasteiger partial charge >= 0.3 is 6.18 Å². The van der Waals surface area contributed by atoms with Gasteiger partial charge < -0.3 is 4.74 Å². The van der Waals surface area contributed by atoms with Crippen LogP contribution >= 0.6 is 0 Å². The van der Waals surface area contributed by atoms with E-state index in [0.29, 0.717) is 17.3 Å². The molecule has 0 aliphatic rings. The molecule has 0 saturated carbocycles. The number of aryl methyl sites for hydroxylation is 1. The first-order valence-corrected chi connectivity index (χ1v) is 6.66. The van der Waals surface area contributed by atoms with Crippen LogP contribution in [-0.2, 0) is 12.6 Å². The maximum Gasteiger partial charge on any atom is 0.434 e. The first-order valence-electron chi connectivity index (χ1n) is 6.66. The lowest BCUT2D eigenvalue weighted by molar-refractivity contribution is -0.140. The Morgan fingerprint density at radius 1 is 1.09 bits per heavy atom. The Balaban J connectivity index is 2.57. The molecule has 0 aliphatic carbocycles. The van der Waals surface area contributed by atoms with Crippen molar-refractivity contribution in [2.75, 3.05) is 7.11 Å². The molecule has 4 nitrogen and oxygen atoms in total. The summed E-state index contributed by atoms with van der Waals surface area (Å²) in [6, 6.07) is 6.89. The van der Waals surface area contributed by atoms with E-state index in [1.165, 1.54) is 7.11 Å². The predicted octanol–water partition coefficient (Wildman–Crippen LogP) is 3.77. The molecule has 0 unspecified atom stereocenters. The van der Waals surface area contributed by atoms with Gasteiger partial charge in [0.25, 0.3) is 0 Å². The Morgan fingerprint density at radius 2 is 1.82 bits per heavy atom. The summed E-state index contributed by atoms with van der Waals surface area (Å²) in [4.78, 5) is 12.1. The Bertz CT molecular complexity index is 862. The summed E-state index contributed by atoms with van der Waals surface area (Å²) < 4.78 is 45.2. The molecule has 22 heavy (non-hydrogen) atoms. The number of hydrogen-bond acceptors (Lipinski definition) is 4. The fourth-order valence-electron chi connectivity index (χ4n) is 2.35. The molecule has 3 rings (SSSR count). The molecule has 0 amide bonds. The van der Waals surface area contributed by atoms with Gasteiger partial charge in [-0.15, -0.1) is 0 Å². The lowest BCUT2D eigenvalue weighted by Gasteiger charge is -2.14. The molecule has 2 aromatic heterocycles. The van der Waals surface area contributed by atoms with E-state index in [0.717, 1.165) is 0 Å². The molecule has 0 atom stereocenters. The van der Waals surface area contributed by atoms with Crippen LogP contribution in [0.15, 0.2) is 24.3 Å². The van der Waals surface area contributed by atoms with Crippen molar-refractivity contribution in [3.05, 3.63) is 35.8 Å². The van der Waals surface area contributed by atoms with Gasteiger partial charge in [0.2, 0.25) is 5.88 Å². The highest BCUT2D eigenvalue weighted by molar-refractivity contribution is 6.06. The SMILES string of the molecule is CCc1nc(C(F)(F)F)c2c(OC)nc3ccccc3c2n1. The highest BCUT2D eigenvalue weighted by Gasteiger charge is 2.37. The molecular formula is C15H12F3N3O. The summed E-state index contributed by atoms with van der Waals surface area (Å²) in [5.41, 5.74) is -0.271. The molecule has 0 radical (unpaired) electrons. The highest BCUT2D eigenvalue weighted by Crippen LogP contribution is 2.38. The minimum absolute atomic E-state index is 0.122. The quantitative estimate of drug-likeness (QED) is 0.676. The summed E-state index contributed by atoms with van der Waals surface area (Å²) >= 11 is 0. The number of benzene rings is 1. The van der Waals surface area contributed by atoms with Crippen molar-refractivity contribution in [2.24, 2.45) is 0 Å². The number of ether oxygens (including phenoxy) is 1. The van der Waals surface area contributed by atoms with Crippen LogP contribution in [0.2, 0.25) is 0 Å². The molecule has 7 heteroatoms. The standard InChI is InChI=1S/C15H12F3N3O/c1-3-10-20-12-8-6-4-5-7-9(8)19-14(22-2)11(12)13(21-10)15(16,17)18/h4-7H,3H2,1-2H3. The van der Waals surface area contributed by atoms with Crippen LogP contribution in [0.5, 0.6) is 5.88 Å². The number of nitrogens with zero attached hydrogens (tertiary/aromatic N) is 3. The maximum absolute atomic E-state index is 13.4. The Hall–Kier alpha value is -2.44. The van der Waals surface area contributed by atoms with E-state index in [9.17, 15) is 13.2 Å². The van der Waals surface area contributed by atoms with Crippen LogP contribution in [0.3, 0.4) is 0 Å². The van der Waals surface area contributed by atoms with E-state index < -0.39 is 11.9 Å². The fraction of sp³-hybridized carbons (Fsp3) is 0.267. The first kappa shape index (κ1) is 14.5. The van der Waals surface area contributed by atoms with Crippen molar-refractivity contribution in [3.8, 4) is 5.88 Å². The van der Waals surface area contributed by atoms with E-state index in [1.807, 2.05) is 0 Å². The number of aromatic nitrogens is 3. The van der Waals surface area contributed by atoms with Crippen molar-refractivity contribution >= 4 is 21.8 Å². The van der Waals surface area contributed by atoms with Crippen molar-refractivity contribution in [1.82, 2.24) is 15.0 Å². The minimum Gasteiger partial charge on any atom is -0.480 e. The number of halogens is 3. The summed E-state index contributed by atoms with van der Waals surface area (Å²) in [7, 11) is 1.28. The van der Waals surface area contributed by atoms with E-state index in [4.69, 9.17) is 4.74 Å². The zero-order chi connectivity index (χ0) is 15.9. The van der Waals surface area contributed by atoms with Crippen LogP contribution in [0.25, 0.3) is 21.8 Å². The van der Waals surface area contributed by atoms with E-state index in [1.54, 1.807) is 31.2 Å². The number of pyridine rings is 1.